The molecule has 0 radical (unpaired) electrons. The van der Waals surface area contributed by atoms with Crippen molar-refractivity contribution >= 4 is 17.3 Å². The van der Waals surface area contributed by atoms with Crippen molar-refractivity contribution in [2.75, 3.05) is 6.61 Å². The van der Waals surface area contributed by atoms with Crippen molar-refractivity contribution in [3.8, 4) is 0 Å². The molecule has 1 aliphatic carbocycles. The zero-order chi connectivity index (χ0) is 18.6. The van der Waals surface area contributed by atoms with Gasteiger partial charge in [0.1, 0.15) is 6.10 Å². The molecular formula is C20H21N3O4. The van der Waals surface area contributed by atoms with E-state index in [1.807, 2.05) is 30.3 Å². The van der Waals surface area contributed by atoms with E-state index < -0.39 is 0 Å². The van der Waals surface area contributed by atoms with Crippen LogP contribution in [0.15, 0.2) is 40.4 Å². The number of amides is 1. The summed E-state index contributed by atoms with van der Waals surface area (Å²) in [6.45, 7) is 0.864. The number of allylic oxidation sites excluding steroid dienone is 1. The molecule has 4 rings (SSSR count). The lowest BCUT2D eigenvalue weighted by molar-refractivity contribution is -0.122. The van der Waals surface area contributed by atoms with E-state index in [4.69, 9.17) is 9.26 Å². The molecule has 0 spiro atoms. The topological polar surface area (TPSA) is 94.3 Å². The normalized spacial score (nSPS) is 19.7. The van der Waals surface area contributed by atoms with Crippen LogP contribution in [-0.2, 0) is 20.9 Å². The van der Waals surface area contributed by atoms with E-state index in [9.17, 15) is 9.59 Å². The predicted molar refractivity (Wildman–Crippen MR) is 96.3 cm³/mol. The summed E-state index contributed by atoms with van der Waals surface area (Å²) < 4.78 is 10.7. The van der Waals surface area contributed by atoms with Crippen molar-refractivity contribution in [1.82, 2.24) is 15.5 Å². The summed E-state index contributed by atoms with van der Waals surface area (Å²) in [6.07, 6.45) is 2.92. The highest BCUT2D eigenvalue weighted by Gasteiger charge is 2.26. The number of aromatic nitrogens is 2. The lowest BCUT2D eigenvalue weighted by Gasteiger charge is -2.07. The number of ether oxygens (including phenoxy) is 1. The second-order valence-electron chi connectivity index (χ2n) is 6.75. The van der Waals surface area contributed by atoms with Gasteiger partial charge in [0.2, 0.25) is 5.91 Å². The molecule has 2 aromatic rings. The number of ketones is 1. The minimum absolute atomic E-state index is 0.0456. The molecule has 0 saturated carbocycles. The SMILES string of the molecule is O=C(CC1=C(c2ccccc2)CCC1=O)NCc1noc([C@@H]2CCCO2)n1. The van der Waals surface area contributed by atoms with E-state index in [1.54, 1.807) is 0 Å². The molecule has 2 aliphatic rings. The number of benzene rings is 1. The average Bonchev–Trinajstić information content (AvgIpc) is 3.43. The number of rotatable bonds is 6. The molecule has 0 bridgehead atoms. The third-order valence-corrected chi connectivity index (χ3v) is 4.90. The molecule has 1 N–H and O–H groups in total. The maximum absolute atomic E-state index is 12.3. The Bertz CT molecular complexity index is 866. The fraction of sp³-hybridized carbons (Fsp3) is 0.400. The van der Waals surface area contributed by atoms with Crippen LogP contribution in [-0.4, -0.2) is 28.4 Å². The molecule has 140 valence electrons. The molecular weight excluding hydrogens is 346 g/mol. The van der Waals surface area contributed by atoms with Crippen LogP contribution in [0.4, 0.5) is 0 Å². The highest BCUT2D eigenvalue weighted by Crippen LogP contribution is 2.33. The summed E-state index contributed by atoms with van der Waals surface area (Å²) >= 11 is 0. The summed E-state index contributed by atoms with van der Waals surface area (Å²) in [7, 11) is 0. The first kappa shape index (κ1) is 17.6. The van der Waals surface area contributed by atoms with Crippen LogP contribution in [0.1, 0.15) is 55.5 Å². The Morgan fingerprint density at radius 3 is 2.85 bits per heavy atom. The van der Waals surface area contributed by atoms with Crippen LogP contribution in [0.2, 0.25) is 0 Å². The summed E-state index contributed by atoms with van der Waals surface area (Å²) in [5.74, 6) is 0.682. The molecule has 1 atom stereocenters. The number of carbonyl (C=O) groups excluding carboxylic acids is 2. The average molecular weight is 367 g/mol. The fourth-order valence-electron chi connectivity index (χ4n) is 3.51. The van der Waals surface area contributed by atoms with E-state index in [2.05, 4.69) is 15.5 Å². The largest absolute Gasteiger partial charge is 0.368 e. The van der Waals surface area contributed by atoms with E-state index >= 15 is 0 Å². The second kappa shape index (κ2) is 7.84. The van der Waals surface area contributed by atoms with Crippen molar-refractivity contribution in [3.63, 3.8) is 0 Å². The Kier molecular flexibility index (Phi) is 5.11. The van der Waals surface area contributed by atoms with Crippen LogP contribution in [0.25, 0.3) is 5.57 Å². The van der Waals surface area contributed by atoms with E-state index in [0.29, 0.717) is 36.7 Å². The number of carbonyl (C=O) groups is 2. The van der Waals surface area contributed by atoms with Gasteiger partial charge in [-0.3, -0.25) is 9.59 Å². The van der Waals surface area contributed by atoms with Gasteiger partial charge in [-0.1, -0.05) is 35.5 Å². The van der Waals surface area contributed by atoms with E-state index in [1.165, 1.54) is 0 Å². The monoisotopic (exact) mass is 367 g/mol. The molecule has 7 heteroatoms. The lowest BCUT2D eigenvalue weighted by atomic mass is 10.00. The third kappa shape index (κ3) is 3.98. The number of Topliss-reactive ketones (excluding diaryl/α,β-unsaturated/α-hetero) is 1. The Morgan fingerprint density at radius 2 is 2.07 bits per heavy atom. The smallest absolute Gasteiger partial charge is 0.255 e. The molecule has 2 heterocycles. The van der Waals surface area contributed by atoms with Gasteiger partial charge in [-0.2, -0.15) is 4.98 Å². The quantitative estimate of drug-likeness (QED) is 0.844. The third-order valence-electron chi connectivity index (χ3n) is 4.90. The number of hydrogen-bond donors (Lipinski definition) is 1. The Morgan fingerprint density at radius 1 is 1.22 bits per heavy atom. The standard InChI is InChI=1S/C20H21N3O4/c24-16-9-8-14(13-5-2-1-3-6-13)15(16)11-19(25)21-12-18-22-20(27-23-18)17-7-4-10-26-17/h1-3,5-6,17H,4,7-12H2,(H,21,25)/t17-/m0/s1. The summed E-state index contributed by atoms with van der Waals surface area (Å²) in [6, 6.07) is 9.74. The molecule has 7 nitrogen and oxygen atoms in total. The van der Waals surface area contributed by atoms with Gasteiger partial charge in [0.25, 0.3) is 5.89 Å². The van der Waals surface area contributed by atoms with Gasteiger partial charge >= 0.3 is 0 Å². The van der Waals surface area contributed by atoms with Crippen molar-refractivity contribution < 1.29 is 18.8 Å². The first-order chi connectivity index (χ1) is 13.2. The van der Waals surface area contributed by atoms with Crippen molar-refractivity contribution in [2.45, 2.75) is 44.8 Å². The molecule has 1 aromatic heterocycles. The zero-order valence-corrected chi connectivity index (χ0v) is 14.9. The first-order valence-electron chi connectivity index (χ1n) is 9.22. The Balaban J connectivity index is 1.38. The highest BCUT2D eigenvalue weighted by atomic mass is 16.5. The van der Waals surface area contributed by atoms with Gasteiger partial charge in [-0.25, -0.2) is 0 Å². The molecule has 1 aromatic carbocycles. The number of nitrogens with one attached hydrogen (secondary N) is 1. The van der Waals surface area contributed by atoms with Crippen LogP contribution < -0.4 is 5.32 Å². The highest BCUT2D eigenvalue weighted by molar-refractivity contribution is 6.10. The molecule has 1 amide bonds. The first-order valence-corrected chi connectivity index (χ1v) is 9.22. The molecule has 1 fully saturated rings. The minimum Gasteiger partial charge on any atom is -0.368 e. The fourth-order valence-corrected chi connectivity index (χ4v) is 3.51. The molecule has 1 aliphatic heterocycles. The van der Waals surface area contributed by atoms with Gasteiger partial charge < -0.3 is 14.6 Å². The second-order valence-corrected chi connectivity index (χ2v) is 6.75. The van der Waals surface area contributed by atoms with Crippen molar-refractivity contribution in [1.29, 1.82) is 0 Å². The van der Waals surface area contributed by atoms with Crippen LogP contribution in [0.3, 0.4) is 0 Å². The van der Waals surface area contributed by atoms with Gasteiger partial charge in [-0.05, 0) is 30.4 Å². The Hall–Kier alpha value is -2.80. The van der Waals surface area contributed by atoms with Crippen molar-refractivity contribution in [2.24, 2.45) is 0 Å². The van der Waals surface area contributed by atoms with Gasteiger partial charge in [0.15, 0.2) is 11.6 Å². The van der Waals surface area contributed by atoms with Gasteiger partial charge in [0.05, 0.1) is 13.0 Å². The lowest BCUT2D eigenvalue weighted by Crippen LogP contribution is -2.24. The molecule has 0 unspecified atom stereocenters. The van der Waals surface area contributed by atoms with Crippen LogP contribution in [0, 0.1) is 0 Å². The summed E-state index contributed by atoms with van der Waals surface area (Å²) in [4.78, 5) is 28.9. The summed E-state index contributed by atoms with van der Waals surface area (Å²) in [5.41, 5.74) is 2.58. The zero-order valence-electron chi connectivity index (χ0n) is 14.9. The summed E-state index contributed by atoms with van der Waals surface area (Å²) in [5, 5.41) is 6.65. The van der Waals surface area contributed by atoms with Crippen molar-refractivity contribution in [3.05, 3.63) is 53.2 Å². The number of hydrogen-bond acceptors (Lipinski definition) is 6. The Labute approximate surface area is 156 Å². The van der Waals surface area contributed by atoms with Crippen LogP contribution in [0.5, 0.6) is 0 Å². The number of nitrogens with zero attached hydrogens (tertiary/aromatic N) is 2. The van der Waals surface area contributed by atoms with Gasteiger partial charge in [-0.15, -0.1) is 0 Å². The van der Waals surface area contributed by atoms with E-state index in [-0.39, 0.29) is 30.8 Å². The molecule has 27 heavy (non-hydrogen) atoms. The maximum Gasteiger partial charge on any atom is 0.255 e. The predicted octanol–water partition coefficient (Wildman–Crippen LogP) is 2.74. The van der Waals surface area contributed by atoms with Crippen LogP contribution >= 0.6 is 0 Å². The van der Waals surface area contributed by atoms with E-state index in [0.717, 1.165) is 24.0 Å². The minimum atomic E-state index is -0.225. The van der Waals surface area contributed by atoms with Gasteiger partial charge in [0, 0.05) is 18.6 Å². The maximum atomic E-state index is 12.3. The molecule has 1 saturated heterocycles.